The second kappa shape index (κ2) is 6.44. The van der Waals surface area contributed by atoms with Gasteiger partial charge in [-0.1, -0.05) is 12.1 Å². The largest absolute Gasteiger partial charge is 0.348 e. The zero-order valence-electron chi connectivity index (χ0n) is 12.2. The van der Waals surface area contributed by atoms with Gasteiger partial charge in [-0.25, -0.2) is 8.42 Å². The van der Waals surface area contributed by atoms with E-state index in [-0.39, 0.29) is 18.0 Å². The molecule has 21 heavy (non-hydrogen) atoms. The molecule has 3 N–H and O–H groups in total. The summed E-state index contributed by atoms with van der Waals surface area (Å²) in [6.45, 7) is 2.99. The monoisotopic (exact) mass is 311 g/mol. The van der Waals surface area contributed by atoms with Crippen molar-refractivity contribution in [1.29, 1.82) is 0 Å². The summed E-state index contributed by atoms with van der Waals surface area (Å²) in [7, 11) is -3.42. The topological polar surface area (TPSA) is 87.3 Å². The fourth-order valence-corrected chi connectivity index (χ4v) is 3.03. The van der Waals surface area contributed by atoms with Gasteiger partial charge in [0.05, 0.1) is 17.5 Å². The molecule has 1 amide bonds. The SMILES string of the molecule is CC1NCCCC1NC(=O)c1ccccc1NS(C)(=O)=O. The van der Waals surface area contributed by atoms with E-state index in [9.17, 15) is 13.2 Å². The molecule has 0 spiro atoms. The standard InChI is InChI=1S/C14H21N3O3S/c1-10-12(8-5-9-15-10)16-14(18)11-6-3-4-7-13(11)17-21(2,19)20/h3-4,6-7,10,12,15,17H,5,8-9H2,1-2H3,(H,16,18). The van der Waals surface area contributed by atoms with E-state index >= 15 is 0 Å². The van der Waals surface area contributed by atoms with Crippen LogP contribution < -0.4 is 15.4 Å². The van der Waals surface area contributed by atoms with Gasteiger partial charge in [0, 0.05) is 12.1 Å². The van der Waals surface area contributed by atoms with E-state index in [1.807, 2.05) is 6.92 Å². The fourth-order valence-electron chi connectivity index (χ4n) is 2.46. The highest BCUT2D eigenvalue weighted by Crippen LogP contribution is 2.17. The lowest BCUT2D eigenvalue weighted by molar-refractivity contribution is 0.0921. The van der Waals surface area contributed by atoms with E-state index in [4.69, 9.17) is 0 Å². The highest BCUT2D eigenvalue weighted by molar-refractivity contribution is 7.92. The van der Waals surface area contributed by atoms with Gasteiger partial charge in [-0.05, 0) is 38.4 Å². The number of benzene rings is 1. The van der Waals surface area contributed by atoms with E-state index in [0.717, 1.165) is 25.6 Å². The molecule has 2 rings (SSSR count). The second-order valence-corrected chi connectivity index (χ2v) is 7.13. The maximum Gasteiger partial charge on any atom is 0.253 e. The summed E-state index contributed by atoms with van der Waals surface area (Å²) in [5.74, 6) is -0.262. The second-order valence-electron chi connectivity index (χ2n) is 5.38. The van der Waals surface area contributed by atoms with Crippen molar-refractivity contribution in [2.24, 2.45) is 0 Å². The molecule has 6 nitrogen and oxygen atoms in total. The Morgan fingerprint density at radius 2 is 2.05 bits per heavy atom. The van der Waals surface area contributed by atoms with Gasteiger partial charge in [0.1, 0.15) is 0 Å². The molecule has 7 heteroatoms. The number of hydrogen-bond donors (Lipinski definition) is 3. The maximum absolute atomic E-state index is 12.4. The Morgan fingerprint density at radius 1 is 1.33 bits per heavy atom. The number of hydrogen-bond acceptors (Lipinski definition) is 4. The summed E-state index contributed by atoms with van der Waals surface area (Å²) < 4.78 is 25.1. The highest BCUT2D eigenvalue weighted by atomic mass is 32.2. The van der Waals surface area contributed by atoms with Gasteiger partial charge in [0.25, 0.3) is 5.91 Å². The Balaban J connectivity index is 2.15. The van der Waals surface area contributed by atoms with Gasteiger partial charge in [-0.2, -0.15) is 0 Å². The maximum atomic E-state index is 12.4. The van der Waals surface area contributed by atoms with Crippen LogP contribution in [-0.2, 0) is 10.0 Å². The van der Waals surface area contributed by atoms with E-state index in [1.54, 1.807) is 24.3 Å². The molecule has 1 aliphatic rings. The molecule has 0 bridgehead atoms. The summed E-state index contributed by atoms with van der Waals surface area (Å²) in [6.07, 6.45) is 2.99. The molecule has 0 saturated carbocycles. The van der Waals surface area contributed by atoms with Crippen LogP contribution in [0.3, 0.4) is 0 Å². The molecule has 2 unspecified atom stereocenters. The first-order valence-electron chi connectivity index (χ1n) is 6.98. The van der Waals surface area contributed by atoms with Crippen LogP contribution in [0.1, 0.15) is 30.1 Å². The minimum absolute atomic E-state index is 0.0533. The number of rotatable bonds is 4. The molecule has 1 aromatic rings. The fraction of sp³-hybridized carbons (Fsp3) is 0.500. The van der Waals surface area contributed by atoms with Gasteiger partial charge >= 0.3 is 0 Å². The molecule has 0 radical (unpaired) electrons. The first-order chi connectivity index (χ1) is 9.87. The summed E-state index contributed by atoms with van der Waals surface area (Å²) in [5, 5.41) is 6.29. The van der Waals surface area contributed by atoms with Crippen molar-refractivity contribution in [3.63, 3.8) is 0 Å². The first kappa shape index (κ1) is 15.8. The average molecular weight is 311 g/mol. The number of carbonyl (C=O) groups is 1. The molecule has 1 fully saturated rings. The average Bonchev–Trinajstić information content (AvgIpc) is 2.40. The zero-order chi connectivity index (χ0) is 15.5. The van der Waals surface area contributed by atoms with Gasteiger partial charge in [-0.3, -0.25) is 9.52 Å². The van der Waals surface area contributed by atoms with E-state index in [1.165, 1.54) is 0 Å². The number of amides is 1. The minimum Gasteiger partial charge on any atom is -0.348 e. The van der Waals surface area contributed by atoms with Crippen LogP contribution in [0.5, 0.6) is 0 Å². The molecule has 1 saturated heterocycles. The van der Waals surface area contributed by atoms with Crippen LogP contribution in [0.4, 0.5) is 5.69 Å². The third kappa shape index (κ3) is 4.44. The summed E-state index contributed by atoms with van der Waals surface area (Å²) in [6, 6.07) is 6.86. The third-order valence-electron chi connectivity index (χ3n) is 3.55. The van der Waals surface area contributed by atoms with Crippen molar-refractivity contribution in [2.45, 2.75) is 31.8 Å². The summed E-state index contributed by atoms with van der Waals surface area (Å²) in [4.78, 5) is 12.4. The van der Waals surface area contributed by atoms with Crippen LogP contribution in [-0.4, -0.2) is 39.2 Å². The molecule has 116 valence electrons. The van der Waals surface area contributed by atoms with E-state index < -0.39 is 10.0 Å². The van der Waals surface area contributed by atoms with Gasteiger partial charge in [0.2, 0.25) is 10.0 Å². The van der Waals surface area contributed by atoms with Crippen LogP contribution in [0.25, 0.3) is 0 Å². The van der Waals surface area contributed by atoms with Crippen molar-refractivity contribution in [1.82, 2.24) is 10.6 Å². The minimum atomic E-state index is -3.42. The smallest absolute Gasteiger partial charge is 0.253 e. The highest BCUT2D eigenvalue weighted by Gasteiger charge is 2.24. The van der Waals surface area contributed by atoms with Crippen molar-refractivity contribution in [3.05, 3.63) is 29.8 Å². The van der Waals surface area contributed by atoms with E-state index in [2.05, 4.69) is 15.4 Å². The zero-order valence-corrected chi connectivity index (χ0v) is 13.0. The molecular formula is C14H21N3O3S. The molecule has 1 aliphatic heterocycles. The van der Waals surface area contributed by atoms with Crippen LogP contribution in [0.15, 0.2) is 24.3 Å². The first-order valence-corrected chi connectivity index (χ1v) is 8.87. The van der Waals surface area contributed by atoms with Gasteiger partial charge < -0.3 is 10.6 Å². The van der Waals surface area contributed by atoms with E-state index in [0.29, 0.717) is 11.3 Å². The van der Waals surface area contributed by atoms with Gasteiger partial charge in [0.15, 0.2) is 0 Å². The number of anilines is 1. The number of para-hydroxylation sites is 1. The van der Waals surface area contributed by atoms with Crippen molar-refractivity contribution in [3.8, 4) is 0 Å². The lowest BCUT2D eigenvalue weighted by Gasteiger charge is -2.30. The quantitative estimate of drug-likeness (QED) is 0.772. The van der Waals surface area contributed by atoms with Crippen LogP contribution in [0, 0.1) is 0 Å². The predicted octanol–water partition coefficient (Wildman–Crippen LogP) is 0.928. The van der Waals surface area contributed by atoms with Gasteiger partial charge in [-0.15, -0.1) is 0 Å². The van der Waals surface area contributed by atoms with Crippen LogP contribution in [0.2, 0.25) is 0 Å². The molecular weight excluding hydrogens is 290 g/mol. The lowest BCUT2D eigenvalue weighted by atomic mass is 9.99. The number of sulfonamides is 1. The van der Waals surface area contributed by atoms with Crippen LogP contribution >= 0.6 is 0 Å². The summed E-state index contributed by atoms with van der Waals surface area (Å²) in [5.41, 5.74) is 0.634. The Kier molecular flexibility index (Phi) is 4.84. The Hall–Kier alpha value is -1.60. The molecule has 2 atom stereocenters. The Bertz CT molecular complexity index is 616. The predicted molar refractivity (Wildman–Crippen MR) is 82.9 cm³/mol. The number of nitrogens with one attached hydrogen (secondary N) is 3. The summed E-state index contributed by atoms with van der Waals surface area (Å²) >= 11 is 0. The third-order valence-corrected chi connectivity index (χ3v) is 4.14. The van der Waals surface area contributed by atoms with Crippen molar-refractivity contribution >= 4 is 21.6 Å². The molecule has 0 aliphatic carbocycles. The van der Waals surface area contributed by atoms with Crippen molar-refractivity contribution < 1.29 is 13.2 Å². The normalized spacial score (nSPS) is 22.6. The number of piperidine rings is 1. The Morgan fingerprint density at radius 3 is 2.71 bits per heavy atom. The molecule has 1 heterocycles. The lowest BCUT2D eigenvalue weighted by Crippen LogP contribution is -2.52. The van der Waals surface area contributed by atoms with Crippen molar-refractivity contribution in [2.75, 3.05) is 17.5 Å². The number of carbonyl (C=O) groups excluding carboxylic acids is 1. The molecule has 0 aromatic heterocycles. The Labute approximate surface area is 125 Å². The molecule has 1 aromatic carbocycles.